The number of hydrazine groups is 1. The number of hydrogen-bond acceptors (Lipinski definition) is 5. The molecule has 0 atom stereocenters. The summed E-state index contributed by atoms with van der Waals surface area (Å²) in [4.78, 5) is 0. The van der Waals surface area contributed by atoms with Crippen LogP contribution >= 0.6 is 0 Å². The number of hydrogen-bond donors (Lipinski definition) is 2. The van der Waals surface area contributed by atoms with Crippen LogP contribution in [-0.2, 0) is 0 Å². The summed E-state index contributed by atoms with van der Waals surface area (Å²) in [7, 11) is 1.56. The van der Waals surface area contributed by atoms with Gasteiger partial charge in [0, 0.05) is 10.8 Å². The van der Waals surface area contributed by atoms with Crippen LogP contribution in [0.15, 0.2) is 24.4 Å². The normalized spacial score (nSPS) is 10.1. The Kier molecular flexibility index (Phi) is 2.16. The summed E-state index contributed by atoms with van der Waals surface area (Å²) in [6, 6.07) is 5.65. The molecule has 0 aliphatic heterocycles. The zero-order chi connectivity index (χ0) is 9.97. The second-order valence-corrected chi connectivity index (χ2v) is 2.76. The predicted octanol–water partition coefficient (Wildman–Crippen LogP) is 0.924. The number of nitrogens with two attached hydrogens (primary N) is 1. The van der Waals surface area contributed by atoms with Crippen molar-refractivity contribution < 1.29 is 4.74 Å². The van der Waals surface area contributed by atoms with Gasteiger partial charge in [-0.05, 0) is 12.1 Å². The number of nitrogens with zero attached hydrogens (tertiary/aromatic N) is 2. The second-order valence-electron chi connectivity index (χ2n) is 2.76. The molecule has 0 aliphatic rings. The van der Waals surface area contributed by atoms with Crippen LogP contribution in [0.3, 0.4) is 0 Å². The highest BCUT2D eigenvalue weighted by Crippen LogP contribution is 2.26. The molecule has 72 valence electrons. The molecule has 0 amide bonds. The largest absolute Gasteiger partial charge is 0.479 e. The Labute approximate surface area is 80.9 Å². The van der Waals surface area contributed by atoms with Crippen LogP contribution in [0.25, 0.3) is 10.8 Å². The Hall–Kier alpha value is -1.88. The molecule has 1 aromatic heterocycles. The average molecular weight is 190 g/mol. The number of ether oxygens (including phenoxy) is 1. The summed E-state index contributed by atoms with van der Waals surface area (Å²) in [6.07, 6.45) is 1.65. The fourth-order valence-electron chi connectivity index (χ4n) is 1.36. The Morgan fingerprint density at radius 2 is 2.21 bits per heavy atom. The molecule has 0 saturated carbocycles. The van der Waals surface area contributed by atoms with Crippen molar-refractivity contribution in [2.24, 2.45) is 5.84 Å². The minimum absolute atomic E-state index is 0.500. The molecule has 0 fully saturated rings. The van der Waals surface area contributed by atoms with Crippen molar-refractivity contribution in [3.8, 4) is 5.88 Å². The number of anilines is 1. The molecule has 0 bridgehead atoms. The van der Waals surface area contributed by atoms with E-state index < -0.39 is 0 Å². The number of aromatic nitrogens is 2. The molecule has 1 aromatic carbocycles. The van der Waals surface area contributed by atoms with E-state index in [1.54, 1.807) is 13.3 Å². The molecule has 0 unspecified atom stereocenters. The Morgan fingerprint density at radius 1 is 1.36 bits per heavy atom. The number of methoxy groups -OCH3 is 1. The van der Waals surface area contributed by atoms with Crippen LogP contribution in [0.1, 0.15) is 0 Å². The average Bonchev–Trinajstić information content (AvgIpc) is 2.27. The van der Waals surface area contributed by atoms with Crippen molar-refractivity contribution in [1.29, 1.82) is 0 Å². The maximum atomic E-state index is 5.37. The molecule has 14 heavy (non-hydrogen) atoms. The van der Waals surface area contributed by atoms with Gasteiger partial charge in [0.2, 0.25) is 5.88 Å². The van der Waals surface area contributed by atoms with Gasteiger partial charge in [0.05, 0.1) is 19.0 Å². The van der Waals surface area contributed by atoms with E-state index in [4.69, 9.17) is 10.6 Å². The Morgan fingerprint density at radius 3 is 2.93 bits per heavy atom. The van der Waals surface area contributed by atoms with Crippen molar-refractivity contribution in [3.05, 3.63) is 24.4 Å². The predicted molar refractivity (Wildman–Crippen MR) is 53.9 cm³/mol. The van der Waals surface area contributed by atoms with Crippen molar-refractivity contribution in [1.82, 2.24) is 10.2 Å². The van der Waals surface area contributed by atoms with E-state index >= 15 is 0 Å². The highest BCUT2D eigenvalue weighted by Gasteiger charge is 2.05. The topological polar surface area (TPSA) is 73.1 Å². The van der Waals surface area contributed by atoms with Gasteiger partial charge in [0.15, 0.2) is 0 Å². The molecule has 5 heteroatoms. The minimum Gasteiger partial charge on any atom is -0.479 e. The molecule has 0 spiro atoms. The summed E-state index contributed by atoms with van der Waals surface area (Å²) in [6.45, 7) is 0. The summed E-state index contributed by atoms with van der Waals surface area (Å²) in [5.41, 5.74) is 3.40. The molecular formula is C9H10N4O. The van der Waals surface area contributed by atoms with Gasteiger partial charge in [0.1, 0.15) is 0 Å². The standard InChI is InChI=1S/C9H10N4O/c1-14-9-6-3-2-4-8(12-10)7(6)5-11-13-9/h2-5,12H,10H2,1H3. The third-order valence-corrected chi connectivity index (χ3v) is 2.02. The molecule has 2 aromatic rings. The summed E-state index contributed by atoms with van der Waals surface area (Å²) >= 11 is 0. The van der Waals surface area contributed by atoms with Crippen molar-refractivity contribution in [3.63, 3.8) is 0 Å². The highest BCUT2D eigenvalue weighted by atomic mass is 16.5. The van der Waals surface area contributed by atoms with Crippen LogP contribution in [-0.4, -0.2) is 17.3 Å². The lowest BCUT2D eigenvalue weighted by Gasteiger charge is -2.06. The van der Waals surface area contributed by atoms with E-state index in [9.17, 15) is 0 Å². The molecule has 0 saturated heterocycles. The molecule has 0 aliphatic carbocycles. The van der Waals surface area contributed by atoms with Crippen molar-refractivity contribution in [2.75, 3.05) is 12.5 Å². The smallest absolute Gasteiger partial charge is 0.241 e. The van der Waals surface area contributed by atoms with E-state index in [0.717, 1.165) is 16.5 Å². The lowest BCUT2D eigenvalue weighted by atomic mass is 10.1. The minimum atomic E-state index is 0.500. The number of nitrogens with one attached hydrogen (secondary N) is 1. The fourth-order valence-corrected chi connectivity index (χ4v) is 1.36. The monoisotopic (exact) mass is 190 g/mol. The van der Waals surface area contributed by atoms with E-state index in [1.165, 1.54) is 0 Å². The van der Waals surface area contributed by atoms with Crippen LogP contribution in [0.5, 0.6) is 5.88 Å². The quantitative estimate of drug-likeness (QED) is 0.544. The Balaban J connectivity index is 2.77. The number of benzene rings is 1. The summed E-state index contributed by atoms with van der Waals surface area (Å²) in [5, 5.41) is 9.46. The fraction of sp³-hybridized carbons (Fsp3) is 0.111. The first-order chi connectivity index (χ1) is 6.86. The van der Waals surface area contributed by atoms with Gasteiger partial charge in [-0.2, -0.15) is 5.10 Å². The zero-order valence-corrected chi connectivity index (χ0v) is 7.69. The number of rotatable bonds is 2. The molecule has 2 rings (SSSR count). The number of nitrogen functional groups attached to an aromatic ring is 1. The zero-order valence-electron chi connectivity index (χ0n) is 7.69. The highest BCUT2D eigenvalue weighted by molar-refractivity contribution is 5.95. The van der Waals surface area contributed by atoms with E-state index in [-0.39, 0.29) is 0 Å². The van der Waals surface area contributed by atoms with Gasteiger partial charge in [-0.15, -0.1) is 5.10 Å². The molecule has 1 heterocycles. The van der Waals surface area contributed by atoms with Crippen LogP contribution in [0.2, 0.25) is 0 Å². The van der Waals surface area contributed by atoms with Crippen molar-refractivity contribution >= 4 is 16.5 Å². The first kappa shape index (κ1) is 8.71. The van der Waals surface area contributed by atoms with Crippen LogP contribution < -0.4 is 16.0 Å². The molecular weight excluding hydrogens is 180 g/mol. The van der Waals surface area contributed by atoms with Crippen molar-refractivity contribution in [2.45, 2.75) is 0 Å². The van der Waals surface area contributed by atoms with Gasteiger partial charge < -0.3 is 10.2 Å². The van der Waals surface area contributed by atoms with Gasteiger partial charge in [-0.1, -0.05) is 6.07 Å². The van der Waals surface area contributed by atoms with Crippen LogP contribution in [0, 0.1) is 0 Å². The van der Waals surface area contributed by atoms with Crippen LogP contribution in [0.4, 0.5) is 5.69 Å². The van der Waals surface area contributed by atoms with E-state index in [0.29, 0.717) is 5.88 Å². The lowest BCUT2D eigenvalue weighted by Crippen LogP contribution is -2.07. The maximum Gasteiger partial charge on any atom is 0.241 e. The first-order valence-corrected chi connectivity index (χ1v) is 4.12. The summed E-state index contributed by atoms with van der Waals surface area (Å²) in [5.74, 6) is 5.87. The first-order valence-electron chi connectivity index (χ1n) is 4.12. The molecule has 5 nitrogen and oxygen atoms in total. The van der Waals surface area contributed by atoms with E-state index in [1.807, 2.05) is 18.2 Å². The third kappa shape index (κ3) is 1.23. The van der Waals surface area contributed by atoms with Gasteiger partial charge >= 0.3 is 0 Å². The second kappa shape index (κ2) is 3.47. The molecule has 0 radical (unpaired) electrons. The number of fused-ring (bicyclic) bond motifs is 1. The lowest BCUT2D eigenvalue weighted by molar-refractivity contribution is 0.398. The van der Waals surface area contributed by atoms with Gasteiger partial charge in [-0.25, -0.2) is 0 Å². The maximum absolute atomic E-state index is 5.37. The van der Waals surface area contributed by atoms with Gasteiger partial charge in [0.25, 0.3) is 0 Å². The Bertz CT molecular complexity index is 414. The van der Waals surface area contributed by atoms with Gasteiger partial charge in [-0.3, -0.25) is 5.84 Å². The SMILES string of the molecule is COc1nncc2c(NN)cccc12. The molecule has 3 N–H and O–H groups in total. The third-order valence-electron chi connectivity index (χ3n) is 2.02. The van der Waals surface area contributed by atoms with E-state index in [2.05, 4.69) is 15.6 Å². The summed E-state index contributed by atoms with van der Waals surface area (Å²) < 4.78 is 5.08.